The molecule has 4 N–H and O–H groups in total. The zero-order valence-electron chi connectivity index (χ0n) is 10.4. The topological polar surface area (TPSA) is 106 Å². The third-order valence-corrected chi connectivity index (χ3v) is 3.45. The molecule has 0 unspecified atom stereocenters. The van der Waals surface area contributed by atoms with Crippen molar-refractivity contribution in [3.05, 3.63) is 23.8 Å². The smallest absolute Gasteiger partial charge is 0.248 e. The Balaban J connectivity index is 2.94. The Morgan fingerprint density at radius 3 is 2.50 bits per heavy atom. The van der Waals surface area contributed by atoms with Crippen LogP contribution < -0.4 is 16.4 Å². The van der Waals surface area contributed by atoms with Crippen LogP contribution in [0, 0.1) is 0 Å². The number of carbonyl (C=O) groups is 1. The highest BCUT2D eigenvalue weighted by Gasteiger charge is 2.11. The maximum atomic E-state index is 11.1. The number of hydrogen-bond acceptors (Lipinski definition) is 5. The van der Waals surface area contributed by atoms with E-state index in [2.05, 4.69) is 0 Å². The van der Waals surface area contributed by atoms with E-state index in [9.17, 15) is 13.2 Å². The maximum Gasteiger partial charge on any atom is 0.248 e. The van der Waals surface area contributed by atoms with Gasteiger partial charge in [-0.15, -0.1) is 0 Å². The second kappa shape index (κ2) is 5.26. The number of rotatable bonds is 5. The van der Waals surface area contributed by atoms with Gasteiger partial charge in [0.2, 0.25) is 5.91 Å². The van der Waals surface area contributed by atoms with E-state index in [0.29, 0.717) is 23.5 Å². The fourth-order valence-electron chi connectivity index (χ4n) is 1.45. The number of benzene rings is 1. The van der Waals surface area contributed by atoms with Crippen LogP contribution in [0.15, 0.2) is 18.2 Å². The van der Waals surface area contributed by atoms with Crippen molar-refractivity contribution in [2.24, 2.45) is 5.73 Å². The molecular weight excluding hydrogens is 254 g/mol. The molecule has 0 aliphatic heterocycles. The third kappa shape index (κ3) is 3.92. The minimum Gasteiger partial charge on any atom is -0.397 e. The Labute approximate surface area is 106 Å². The second-order valence-corrected chi connectivity index (χ2v) is 6.45. The van der Waals surface area contributed by atoms with Gasteiger partial charge in [-0.1, -0.05) is 0 Å². The summed E-state index contributed by atoms with van der Waals surface area (Å²) in [4.78, 5) is 12.8. The number of nitrogens with zero attached hydrogens (tertiary/aromatic N) is 1. The van der Waals surface area contributed by atoms with Crippen LogP contribution in [-0.4, -0.2) is 39.9 Å². The lowest BCUT2D eigenvalue weighted by Gasteiger charge is -2.21. The second-order valence-electron chi connectivity index (χ2n) is 4.19. The summed E-state index contributed by atoms with van der Waals surface area (Å²) >= 11 is 0. The van der Waals surface area contributed by atoms with Gasteiger partial charge in [0, 0.05) is 25.4 Å². The zero-order chi connectivity index (χ0) is 13.9. The molecule has 0 heterocycles. The largest absolute Gasteiger partial charge is 0.397 e. The van der Waals surface area contributed by atoms with Crippen LogP contribution in [0.5, 0.6) is 0 Å². The summed E-state index contributed by atoms with van der Waals surface area (Å²) < 4.78 is 22.2. The normalized spacial score (nSPS) is 11.2. The van der Waals surface area contributed by atoms with Crippen LogP contribution in [0.3, 0.4) is 0 Å². The van der Waals surface area contributed by atoms with E-state index in [1.165, 1.54) is 12.3 Å². The molecule has 100 valence electrons. The maximum absolute atomic E-state index is 11.1. The molecule has 0 radical (unpaired) electrons. The Bertz CT molecular complexity index is 555. The van der Waals surface area contributed by atoms with Crippen LogP contribution in [0.25, 0.3) is 0 Å². The predicted molar refractivity (Wildman–Crippen MR) is 72.4 cm³/mol. The van der Waals surface area contributed by atoms with Crippen molar-refractivity contribution in [1.29, 1.82) is 0 Å². The molecule has 1 amide bonds. The van der Waals surface area contributed by atoms with Gasteiger partial charge < -0.3 is 16.4 Å². The minimum absolute atomic E-state index is 0.0176. The van der Waals surface area contributed by atoms with Crippen molar-refractivity contribution in [2.75, 3.05) is 36.2 Å². The van der Waals surface area contributed by atoms with Crippen LogP contribution in [-0.2, 0) is 9.84 Å². The summed E-state index contributed by atoms with van der Waals surface area (Å²) in [5, 5.41) is 0. The number of anilines is 2. The van der Waals surface area contributed by atoms with Gasteiger partial charge in [0.15, 0.2) is 0 Å². The van der Waals surface area contributed by atoms with Crippen molar-refractivity contribution in [2.45, 2.75) is 0 Å². The van der Waals surface area contributed by atoms with E-state index in [4.69, 9.17) is 11.5 Å². The van der Waals surface area contributed by atoms with Gasteiger partial charge >= 0.3 is 0 Å². The monoisotopic (exact) mass is 271 g/mol. The van der Waals surface area contributed by atoms with Gasteiger partial charge in [-0.2, -0.15) is 0 Å². The first-order valence-electron chi connectivity index (χ1n) is 5.29. The highest BCUT2D eigenvalue weighted by atomic mass is 32.2. The molecule has 0 saturated carbocycles. The number of sulfone groups is 1. The fourth-order valence-corrected chi connectivity index (χ4v) is 2.06. The number of hydrogen-bond donors (Lipinski definition) is 2. The number of nitrogens with two attached hydrogens (primary N) is 2. The molecule has 7 heteroatoms. The molecule has 1 aromatic carbocycles. The van der Waals surface area contributed by atoms with Gasteiger partial charge in [-0.25, -0.2) is 8.42 Å². The molecule has 0 aromatic heterocycles. The van der Waals surface area contributed by atoms with Crippen molar-refractivity contribution in [1.82, 2.24) is 0 Å². The summed E-state index contributed by atoms with van der Waals surface area (Å²) in [6, 6.07) is 4.66. The van der Waals surface area contributed by atoms with E-state index in [-0.39, 0.29) is 5.75 Å². The molecule has 0 bridgehead atoms. The SMILES string of the molecule is CN(CCS(C)(=O)=O)c1cc(C(N)=O)ccc1N. The molecule has 0 fully saturated rings. The highest BCUT2D eigenvalue weighted by molar-refractivity contribution is 7.90. The molecule has 1 rings (SSSR count). The van der Waals surface area contributed by atoms with Gasteiger partial charge in [-0.3, -0.25) is 4.79 Å². The van der Waals surface area contributed by atoms with Crippen LogP contribution in [0.4, 0.5) is 11.4 Å². The Kier molecular flexibility index (Phi) is 4.18. The lowest BCUT2D eigenvalue weighted by molar-refractivity contribution is 0.100. The van der Waals surface area contributed by atoms with Gasteiger partial charge in [0.05, 0.1) is 17.1 Å². The average Bonchev–Trinajstić information content (AvgIpc) is 2.25. The van der Waals surface area contributed by atoms with E-state index in [1.807, 2.05) is 0 Å². The van der Waals surface area contributed by atoms with Crippen LogP contribution in [0.2, 0.25) is 0 Å². The van der Waals surface area contributed by atoms with Gasteiger partial charge in [0.25, 0.3) is 0 Å². The fraction of sp³-hybridized carbons (Fsp3) is 0.364. The lowest BCUT2D eigenvalue weighted by atomic mass is 10.1. The van der Waals surface area contributed by atoms with Crippen molar-refractivity contribution in [3.8, 4) is 0 Å². The minimum atomic E-state index is -3.04. The van der Waals surface area contributed by atoms with Crippen molar-refractivity contribution < 1.29 is 13.2 Å². The first-order valence-corrected chi connectivity index (χ1v) is 7.35. The van der Waals surface area contributed by atoms with E-state index in [0.717, 1.165) is 0 Å². The Morgan fingerprint density at radius 1 is 1.39 bits per heavy atom. The molecule has 0 aliphatic carbocycles. The molecule has 0 aliphatic rings. The average molecular weight is 271 g/mol. The lowest BCUT2D eigenvalue weighted by Crippen LogP contribution is -2.26. The first-order chi connectivity index (χ1) is 8.20. The molecule has 18 heavy (non-hydrogen) atoms. The molecular formula is C11H17N3O3S. The summed E-state index contributed by atoms with van der Waals surface area (Å²) in [5.41, 5.74) is 12.4. The van der Waals surface area contributed by atoms with E-state index >= 15 is 0 Å². The molecule has 0 spiro atoms. The standard InChI is InChI=1S/C11H17N3O3S/c1-14(5-6-18(2,16)17)10-7-8(11(13)15)3-4-9(10)12/h3-4,7H,5-6,12H2,1-2H3,(H2,13,15). The van der Waals surface area contributed by atoms with Crippen LogP contribution in [0.1, 0.15) is 10.4 Å². The number of amides is 1. The molecule has 6 nitrogen and oxygen atoms in total. The van der Waals surface area contributed by atoms with E-state index in [1.54, 1.807) is 24.1 Å². The Hall–Kier alpha value is -1.76. The zero-order valence-corrected chi connectivity index (χ0v) is 11.2. The summed E-state index contributed by atoms with van der Waals surface area (Å²) in [6.07, 6.45) is 1.17. The van der Waals surface area contributed by atoms with Gasteiger partial charge in [0.1, 0.15) is 9.84 Å². The quantitative estimate of drug-likeness (QED) is 0.724. The number of nitrogen functional groups attached to an aromatic ring is 1. The van der Waals surface area contributed by atoms with Gasteiger partial charge in [-0.05, 0) is 18.2 Å². The predicted octanol–water partition coefficient (Wildman–Crippen LogP) is -0.151. The summed E-state index contributed by atoms with van der Waals surface area (Å²) in [6.45, 7) is 0.297. The summed E-state index contributed by atoms with van der Waals surface area (Å²) in [7, 11) is -1.33. The number of carbonyl (C=O) groups excluding carboxylic acids is 1. The molecule has 0 saturated heterocycles. The number of primary amides is 1. The Morgan fingerprint density at radius 2 is 2.00 bits per heavy atom. The molecule has 0 atom stereocenters. The van der Waals surface area contributed by atoms with Crippen LogP contribution >= 0.6 is 0 Å². The van der Waals surface area contributed by atoms with Crippen molar-refractivity contribution >= 4 is 27.1 Å². The highest BCUT2D eigenvalue weighted by Crippen LogP contribution is 2.23. The van der Waals surface area contributed by atoms with Crippen molar-refractivity contribution in [3.63, 3.8) is 0 Å². The third-order valence-electron chi connectivity index (χ3n) is 2.52. The molecule has 1 aromatic rings. The first kappa shape index (κ1) is 14.3. The van der Waals surface area contributed by atoms with E-state index < -0.39 is 15.7 Å². The summed E-state index contributed by atoms with van der Waals surface area (Å²) in [5.74, 6) is -0.531.